The van der Waals surface area contributed by atoms with Gasteiger partial charge in [-0.1, -0.05) is 18.2 Å². The fourth-order valence-electron chi connectivity index (χ4n) is 5.25. The van der Waals surface area contributed by atoms with E-state index in [4.69, 9.17) is 28.9 Å². The van der Waals surface area contributed by atoms with E-state index in [1.165, 1.54) is 0 Å². The monoisotopic (exact) mass is 536 g/mol. The van der Waals surface area contributed by atoms with Gasteiger partial charge in [0.05, 0.1) is 51.0 Å². The first-order valence-electron chi connectivity index (χ1n) is 12.8. The summed E-state index contributed by atoms with van der Waals surface area (Å²) >= 11 is 0. The Balaban J connectivity index is 1.30. The van der Waals surface area contributed by atoms with Crippen LogP contribution in [0.1, 0.15) is 39.1 Å². The molecule has 3 aliphatic rings. The number of carbonyl (C=O) groups excluding carboxylic acids is 1. The van der Waals surface area contributed by atoms with Gasteiger partial charge in [0.1, 0.15) is 11.9 Å². The van der Waals surface area contributed by atoms with Crippen molar-refractivity contribution in [2.45, 2.75) is 12.1 Å². The summed E-state index contributed by atoms with van der Waals surface area (Å²) in [5.74, 6) is 2.47. The first-order chi connectivity index (χ1) is 19.6. The van der Waals surface area contributed by atoms with Crippen LogP contribution in [0.15, 0.2) is 81.3 Å². The molecule has 3 aliphatic heterocycles. The summed E-state index contributed by atoms with van der Waals surface area (Å²) in [7, 11) is 6.41. The maximum absolute atomic E-state index is 13.8. The molecule has 1 N–H and O–H groups in total. The van der Waals surface area contributed by atoms with Gasteiger partial charge in [-0.3, -0.25) is 20.1 Å². The highest BCUT2D eigenvalue weighted by molar-refractivity contribution is 6.62. The van der Waals surface area contributed by atoms with Crippen molar-refractivity contribution in [1.29, 1.82) is 0 Å². The summed E-state index contributed by atoms with van der Waals surface area (Å²) < 4.78 is 21.6. The van der Waals surface area contributed by atoms with Crippen LogP contribution in [0.2, 0.25) is 0 Å². The molecule has 6 rings (SSSR count). The highest BCUT2D eigenvalue weighted by Gasteiger charge is 2.35. The number of hydrogen-bond acceptors (Lipinski definition) is 9. The van der Waals surface area contributed by atoms with Crippen molar-refractivity contribution in [3.8, 4) is 23.0 Å². The van der Waals surface area contributed by atoms with Gasteiger partial charge in [-0.25, -0.2) is 4.99 Å². The van der Waals surface area contributed by atoms with E-state index >= 15 is 0 Å². The van der Waals surface area contributed by atoms with Gasteiger partial charge in [-0.05, 0) is 42.0 Å². The largest absolute Gasteiger partial charge is 0.493 e. The van der Waals surface area contributed by atoms with Gasteiger partial charge < -0.3 is 18.9 Å². The molecule has 0 saturated carbocycles. The zero-order valence-electron chi connectivity index (χ0n) is 22.6. The Hall–Kier alpha value is -4.76. The van der Waals surface area contributed by atoms with Crippen molar-refractivity contribution in [3.63, 3.8) is 0 Å². The lowest BCUT2D eigenvalue weighted by atomic mass is 9.88. The fraction of sp³-hybridized carbons (Fsp3) is 0.226. The maximum atomic E-state index is 13.8. The smallest absolute Gasteiger partial charge is 0.199 e. The van der Waals surface area contributed by atoms with Crippen LogP contribution in [0.5, 0.6) is 23.0 Å². The van der Waals surface area contributed by atoms with Crippen molar-refractivity contribution in [1.82, 2.24) is 5.32 Å². The molecule has 2 unspecified atom stereocenters. The number of nitrogens with one attached hydrogen (secondary N) is 1. The van der Waals surface area contributed by atoms with Gasteiger partial charge in [0.2, 0.25) is 0 Å². The first kappa shape index (κ1) is 25.5. The van der Waals surface area contributed by atoms with Crippen LogP contribution >= 0.6 is 0 Å². The molecule has 2 atom stereocenters. The SMILES string of the molecule is COc1ccc(C2=NC=C3C(=O)c4c(cccc4C4N=CC(c5ccc(OC)c(OC)c5)CN4)N=C32)cc1OC. The van der Waals surface area contributed by atoms with Gasteiger partial charge in [0.25, 0.3) is 0 Å². The molecule has 40 heavy (non-hydrogen) atoms. The summed E-state index contributed by atoms with van der Waals surface area (Å²) in [6, 6.07) is 17.1. The minimum atomic E-state index is -0.375. The number of allylic oxidation sites excluding steroid dienone is 1. The Labute approximate surface area is 231 Å². The number of rotatable bonds is 7. The van der Waals surface area contributed by atoms with Crippen LogP contribution in [0.3, 0.4) is 0 Å². The average molecular weight is 537 g/mol. The topological polar surface area (TPSA) is 103 Å². The lowest BCUT2D eigenvalue weighted by Gasteiger charge is -2.27. The van der Waals surface area contributed by atoms with Crippen LogP contribution in [0.25, 0.3) is 0 Å². The number of aliphatic imine (C=N–C) groups is 3. The summed E-state index contributed by atoms with van der Waals surface area (Å²) in [5.41, 5.74) is 5.41. The molecule has 0 saturated heterocycles. The predicted molar refractivity (Wildman–Crippen MR) is 154 cm³/mol. The quantitative estimate of drug-likeness (QED) is 0.464. The van der Waals surface area contributed by atoms with E-state index in [0.717, 1.165) is 16.7 Å². The van der Waals surface area contributed by atoms with Crippen LogP contribution in [-0.4, -0.2) is 58.4 Å². The van der Waals surface area contributed by atoms with E-state index in [0.29, 0.717) is 57.8 Å². The molecule has 0 amide bonds. The molecule has 0 aromatic heterocycles. The van der Waals surface area contributed by atoms with E-state index in [2.05, 4.69) is 10.3 Å². The number of fused-ring (bicyclic) bond motifs is 2. The minimum Gasteiger partial charge on any atom is -0.493 e. The first-order valence-corrected chi connectivity index (χ1v) is 12.8. The number of ketones is 1. The number of nitrogens with zero attached hydrogens (tertiary/aromatic N) is 3. The van der Waals surface area contributed by atoms with Crippen LogP contribution in [-0.2, 0) is 0 Å². The van der Waals surface area contributed by atoms with Gasteiger partial charge in [0.15, 0.2) is 28.8 Å². The molecule has 0 radical (unpaired) electrons. The average Bonchev–Trinajstić information content (AvgIpc) is 3.44. The van der Waals surface area contributed by atoms with Crippen LogP contribution < -0.4 is 24.3 Å². The van der Waals surface area contributed by atoms with Crippen molar-refractivity contribution < 1.29 is 23.7 Å². The second-order valence-electron chi connectivity index (χ2n) is 9.45. The summed E-state index contributed by atoms with van der Waals surface area (Å²) in [4.78, 5) is 28.1. The number of ether oxygens (including phenoxy) is 4. The zero-order chi connectivity index (χ0) is 27.8. The predicted octanol–water partition coefficient (Wildman–Crippen LogP) is 4.83. The van der Waals surface area contributed by atoms with E-state index in [1.54, 1.807) is 34.6 Å². The normalized spacial score (nSPS) is 19.2. The third kappa shape index (κ3) is 4.24. The van der Waals surface area contributed by atoms with E-state index in [-0.39, 0.29) is 17.9 Å². The Bertz CT molecular complexity index is 1640. The van der Waals surface area contributed by atoms with Gasteiger partial charge >= 0.3 is 0 Å². The zero-order valence-corrected chi connectivity index (χ0v) is 22.6. The second kappa shape index (κ2) is 10.4. The lowest BCUT2D eigenvalue weighted by Crippen LogP contribution is -2.32. The van der Waals surface area contributed by atoms with Crippen molar-refractivity contribution in [2.24, 2.45) is 15.0 Å². The summed E-state index contributed by atoms with van der Waals surface area (Å²) in [6.07, 6.45) is 3.15. The van der Waals surface area contributed by atoms with Gasteiger partial charge in [-0.2, -0.15) is 0 Å². The number of carbonyl (C=O) groups is 1. The third-order valence-corrected chi connectivity index (χ3v) is 7.31. The molecule has 0 aliphatic carbocycles. The Kier molecular flexibility index (Phi) is 6.65. The Morgan fingerprint density at radius 3 is 2.25 bits per heavy atom. The molecule has 9 heteroatoms. The number of hydrogen-bond donors (Lipinski definition) is 1. The minimum absolute atomic E-state index is 0.0471. The maximum Gasteiger partial charge on any atom is 0.199 e. The molecular weight excluding hydrogens is 508 g/mol. The van der Waals surface area contributed by atoms with Crippen LogP contribution in [0.4, 0.5) is 5.69 Å². The Morgan fingerprint density at radius 2 is 1.55 bits per heavy atom. The molecule has 0 fully saturated rings. The van der Waals surface area contributed by atoms with Crippen LogP contribution in [0, 0.1) is 0 Å². The highest BCUT2D eigenvalue weighted by atomic mass is 16.5. The molecule has 0 spiro atoms. The Morgan fingerprint density at radius 1 is 0.825 bits per heavy atom. The molecular formula is C31H28N4O5. The molecule has 202 valence electrons. The molecule has 9 nitrogen and oxygen atoms in total. The van der Waals surface area contributed by atoms with Gasteiger partial charge in [-0.15, -0.1) is 0 Å². The molecule has 3 aromatic carbocycles. The van der Waals surface area contributed by atoms with Crippen molar-refractivity contribution >= 4 is 29.1 Å². The summed E-state index contributed by atoms with van der Waals surface area (Å²) in [6.45, 7) is 0.644. The fourth-order valence-corrected chi connectivity index (χ4v) is 5.25. The molecule has 3 heterocycles. The number of benzene rings is 3. The number of methoxy groups -OCH3 is 4. The van der Waals surface area contributed by atoms with Crippen molar-refractivity contribution in [2.75, 3.05) is 35.0 Å². The lowest BCUT2D eigenvalue weighted by molar-refractivity contribution is 0.103. The molecule has 3 aromatic rings. The van der Waals surface area contributed by atoms with Crippen molar-refractivity contribution in [3.05, 3.63) is 88.6 Å². The van der Waals surface area contributed by atoms with Gasteiger partial charge in [0, 0.05) is 36.0 Å². The number of Topliss-reactive ketones (excluding diaryl/α,β-unsaturated/α-hetero) is 1. The van der Waals surface area contributed by atoms with E-state index < -0.39 is 0 Å². The molecule has 0 bridgehead atoms. The van der Waals surface area contributed by atoms with E-state index in [9.17, 15) is 4.79 Å². The standard InChI is InChI=1S/C31H28N4O5/c1-37-23-10-8-17(12-25(23)39-3)19-14-33-31(34-15-19)20-6-5-7-22-27(20)30(36)21-16-32-28(29(21)35-22)18-9-11-24(38-2)26(13-18)40-4/h5-14,16,19,31,34H,15H2,1-4H3. The second-order valence-corrected chi connectivity index (χ2v) is 9.45. The van der Waals surface area contributed by atoms with E-state index in [1.807, 2.05) is 60.8 Å². The highest BCUT2D eigenvalue weighted by Crippen LogP contribution is 2.39. The summed E-state index contributed by atoms with van der Waals surface area (Å²) in [5, 5.41) is 3.49. The third-order valence-electron chi connectivity index (χ3n) is 7.31.